The lowest BCUT2D eigenvalue weighted by molar-refractivity contribution is 1.01. The van der Waals surface area contributed by atoms with Crippen LogP contribution in [-0.4, -0.2) is 19.1 Å². The smallest absolute Gasteiger partial charge is 0.235 e. The largest absolute Gasteiger partial charge is 0.309 e. The number of benzene rings is 9. The van der Waals surface area contributed by atoms with E-state index in [0.717, 1.165) is 55.4 Å². The van der Waals surface area contributed by atoms with Crippen LogP contribution in [0.4, 0.5) is 0 Å². The van der Waals surface area contributed by atoms with Crippen LogP contribution in [0, 0.1) is 13.8 Å². The summed E-state index contributed by atoms with van der Waals surface area (Å²) in [5, 5.41) is 5.82. The van der Waals surface area contributed by atoms with E-state index in [1.807, 2.05) is 0 Å². The molecule has 0 aliphatic heterocycles. The highest BCUT2D eigenvalue weighted by Gasteiger charge is 2.19. The molecule has 4 nitrogen and oxygen atoms in total. The van der Waals surface area contributed by atoms with Crippen molar-refractivity contribution in [1.82, 2.24) is 19.1 Å². The van der Waals surface area contributed by atoms with Crippen LogP contribution in [0.5, 0.6) is 0 Å². The molecule has 62 heavy (non-hydrogen) atoms. The van der Waals surface area contributed by atoms with Crippen LogP contribution in [-0.2, 0) is 0 Å². The Kier molecular flexibility index (Phi) is 8.26. The van der Waals surface area contributed by atoms with Gasteiger partial charge in [0.2, 0.25) is 5.95 Å². The van der Waals surface area contributed by atoms with Gasteiger partial charge in [-0.15, -0.1) is 0 Å². The molecule has 0 saturated carbocycles. The van der Waals surface area contributed by atoms with E-state index in [1.165, 1.54) is 60.6 Å². The highest BCUT2D eigenvalue weighted by molar-refractivity contribution is 6.12. The van der Waals surface area contributed by atoms with E-state index >= 15 is 0 Å². The van der Waals surface area contributed by atoms with Crippen molar-refractivity contribution in [3.05, 3.63) is 217 Å². The maximum Gasteiger partial charge on any atom is 0.235 e. The molecule has 0 atom stereocenters. The predicted octanol–water partition coefficient (Wildman–Crippen LogP) is 15.1. The fourth-order valence-electron chi connectivity index (χ4n) is 9.62. The summed E-state index contributed by atoms with van der Waals surface area (Å²) in [6.45, 7) is 4.41. The van der Waals surface area contributed by atoms with Gasteiger partial charge in [0.1, 0.15) is 0 Å². The van der Waals surface area contributed by atoms with E-state index < -0.39 is 0 Å². The molecule has 12 rings (SSSR count). The minimum Gasteiger partial charge on any atom is -0.309 e. The summed E-state index contributed by atoms with van der Waals surface area (Å²) in [4.78, 5) is 10.7. The summed E-state index contributed by atoms with van der Waals surface area (Å²) in [5.74, 6) is 0.649. The summed E-state index contributed by atoms with van der Waals surface area (Å²) in [6, 6.07) is 74.2. The van der Waals surface area contributed by atoms with E-state index in [0.29, 0.717) is 5.95 Å². The van der Waals surface area contributed by atoms with E-state index in [2.05, 4.69) is 229 Å². The number of aromatic nitrogens is 4. The van der Waals surface area contributed by atoms with Gasteiger partial charge in [-0.05, 0) is 107 Å². The highest BCUT2D eigenvalue weighted by Crippen LogP contribution is 2.39. The van der Waals surface area contributed by atoms with Crippen LogP contribution in [0.1, 0.15) is 11.1 Å². The van der Waals surface area contributed by atoms with Gasteiger partial charge in [-0.3, -0.25) is 4.57 Å². The number of nitrogens with zero attached hydrogens (tertiary/aromatic N) is 4. The second-order valence-corrected chi connectivity index (χ2v) is 16.3. The average molecular weight is 793 g/mol. The van der Waals surface area contributed by atoms with Crippen molar-refractivity contribution in [3.63, 3.8) is 0 Å². The standard InChI is InChI=1S/C58H40N4/c1-37-34-50(38(2)33-49(37)39-15-5-3-6-16-39)40-25-27-41(28-26-40)57-48-21-9-12-22-52(48)59-58(60-57)62-54-24-14-10-19-45(54)47-31-29-43(36-56(47)62)42-30-32-55-51(35-42)46-20-11-13-23-53(46)61(55)44-17-7-4-8-18-44/h3-36H,1-2H3. The van der Waals surface area contributed by atoms with Gasteiger partial charge in [-0.1, -0.05) is 158 Å². The Morgan fingerprint density at radius 1 is 0.323 bits per heavy atom. The van der Waals surface area contributed by atoms with Crippen molar-refractivity contribution < 1.29 is 0 Å². The van der Waals surface area contributed by atoms with Gasteiger partial charge in [-0.2, -0.15) is 0 Å². The number of para-hydroxylation sites is 4. The second-order valence-electron chi connectivity index (χ2n) is 16.3. The quantitative estimate of drug-likeness (QED) is 0.168. The average Bonchev–Trinajstić information content (AvgIpc) is 3.84. The Balaban J connectivity index is 0.992. The lowest BCUT2D eigenvalue weighted by Crippen LogP contribution is -2.03. The second kappa shape index (κ2) is 14.3. The van der Waals surface area contributed by atoms with Crippen molar-refractivity contribution >= 4 is 54.5 Å². The molecule has 3 aromatic heterocycles. The fraction of sp³-hybridized carbons (Fsp3) is 0.0345. The molecule has 0 spiro atoms. The van der Waals surface area contributed by atoms with Crippen molar-refractivity contribution in [3.8, 4) is 56.3 Å². The Morgan fingerprint density at radius 2 is 0.823 bits per heavy atom. The van der Waals surface area contributed by atoms with Gasteiger partial charge >= 0.3 is 0 Å². The molecule has 3 heterocycles. The monoisotopic (exact) mass is 792 g/mol. The molecule has 12 aromatic rings. The van der Waals surface area contributed by atoms with E-state index in [4.69, 9.17) is 9.97 Å². The molecule has 0 aliphatic carbocycles. The Hall–Kier alpha value is -8.08. The fourth-order valence-corrected chi connectivity index (χ4v) is 9.62. The van der Waals surface area contributed by atoms with E-state index in [1.54, 1.807) is 0 Å². The van der Waals surface area contributed by atoms with Gasteiger partial charge in [0, 0.05) is 38.2 Å². The van der Waals surface area contributed by atoms with Crippen molar-refractivity contribution in [2.24, 2.45) is 0 Å². The Labute approximate surface area is 359 Å². The molecule has 292 valence electrons. The Bertz CT molecular complexity index is 3690. The van der Waals surface area contributed by atoms with Gasteiger partial charge in [0.15, 0.2) is 0 Å². The van der Waals surface area contributed by atoms with Crippen LogP contribution >= 0.6 is 0 Å². The maximum absolute atomic E-state index is 5.45. The summed E-state index contributed by atoms with van der Waals surface area (Å²) >= 11 is 0. The molecule has 0 aliphatic rings. The maximum atomic E-state index is 5.45. The number of aryl methyl sites for hydroxylation is 2. The first-order valence-electron chi connectivity index (χ1n) is 21.2. The van der Waals surface area contributed by atoms with Gasteiger partial charge in [-0.25, -0.2) is 9.97 Å². The number of rotatable bonds is 6. The molecular formula is C58H40N4. The number of hydrogen-bond acceptors (Lipinski definition) is 2. The third-order valence-electron chi connectivity index (χ3n) is 12.6. The molecule has 0 unspecified atom stereocenters. The minimum atomic E-state index is 0.649. The zero-order valence-electron chi connectivity index (χ0n) is 34.4. The topological polar surface area (TPSA) is 35.6 Å². The zero-order chi connectivity index (χ0) is 41.3. The van der Waals surface area contributed by atoms with Crippen LogP contribution < -0.4 is 0 Å². The molecule has 0 radical (unpaired) electrons. The summed E-state index contributed by atoms with van der Waals surface area (Å²) in [6.07, 6.45) is 0. The summed E-state index contributed by atoms with van der Waals surface area (Å²) < 4.78 is 4.61. The lowest BCUT2D eigenvalue weighted by atomic mass is 9.91. The minimum absolute atomic E-state index is 0.649. The molecule has 0 fully saturated rings. The number of fused-ring (bicyclic) bond motifs is 7. The van der Waals surface area contributed by atoms with Crippen LogP contribution in [0.3, 0.4) is 0 Å². The van der Waals surface area contributed by atoms with Gasteiger partial charge in [0.25, 0.3) is 0 Å². The lowest BCUT2D eigenvalue weighted by Gasteiger charge is -2.14. The molecule has 0 N–H and O–H groups in total. The summed E-state index contributed by atoms with van der Waals surface area (Å²) in [7, 11) is 0. The highest BCUT2D eigenvalue weighted by atomic mass is 15.2. The van der Waals surface area contributed by atoms with Crippen molar-refractivity contribution in [2.75, 3.05) is 0 Å². The molecule has 0 saturated heterocycles. The molecule has 9 aromatic carbocycles. The summed E-state index contributed by atoms with van der Waals surface area (Å²) in [5.41, 5.74) is 18.3. The van der Waals surface area contributed by atoms with E-state index in [9.17, 15) is 0 Å². The number of hydrogen-bond donors (Lipinski definition) is 0. The first-order valence-corrected chi connectivity index (χ1v) is 21.2. The first-order chi connectivity index (χ1) is 30.6. The molecule has 0 amide bonds. The predicted molar refractivity (Wildman–Crippen MR) is 259 cm³/mol. The van der Waals surface area contributed by atoms with Crippen LogP contribution in [0.25, 0.3) is 111 Å². The van der Waals surface area contributed by atoms with Crippen LogP contribution in [0.15, 0.2) is 206 Å². The van der Waals surface area contributed by atoms with Crippen molar-refractivity contribution in [1.29, 1.82) is 0 Å². The molecular weight excluding hydrogens is 753 g/mol. The van der Waals surface area contributed by atoms with Gasteiger partial charge in [0.05, 0.1) is 33.3 Å². The third-order valence-corrected chi connectivity index (χ3v) is 12.6. The van der Waals surface area contributed by atoms with Gasteiger partial charge < -0.3 is 4.57 Å². The molecule has 0 bridgehead atoms. The third kappa shape index (κ3) is 5.76. The normalized spacial score (nSPS) is 11.7. The first kappa shape index (κ1) is 35.8. The van der Waals surface area contributed by atoms with Crippen molar-refractivity contribution in [2.45, 2.75) is 13.8 Å². The molecule has 4 heteroatoms. The van der Waals surface area contributed by atoms with Crippen LogP contribution in [0.2, 0.25) is 0 Å². The Morgan fingerprint density at radius 3 is 1.55 bits per heavy atom. The van der Waals surface area contributed by atoms with E-state index in [-0.39, 0.29) is 0 Å². The zero-order valence-corrected chi connectivity index (χ0v) is 34.4. The SMILES string of the molecule is Cc1cc(-c2ccc(-c3nc(-n4c5ccccc5c5ccc(-c6ccc7c(c6)c6ccccc6n7-c6ccccc6)cc54)nc4ccccc34)cc2)c(C)cc1-c1ccccc1.